The van der Waals surface area contributed by atoms with E-state index in [0.717, 1.165) is 25.3 Å². The van der Waals surface area contributed by atoms with E-state index in [9.17, 15) is 4.79 Å². The van der Waals surface area contributed by atoms with Crippen molar-refractivity contribution in [2.24, 2.45) is 5.73 Å². The third-order valence-electron chi connectivity index (χ3n) is 3.62. The first-order chi connectivity index (χ1) is 10.1. The molecule has 1 aromatic heterocycles. The first-order valence-corrected chi connectivity index (χ1v) is 9.76. The molecule has 120 valence electrons. The number of likely N-dealkylation sites (N-methyl/N-ethyl adjacent to an activating group) is 1. The number of nitrogens with one attached hydrogen (secondary N) is 1. The number of hydrogen-bond donors (Lipinski definition) is 2. The van der Waals surface area contributed by atoms with Gasteiger partial charge >= 0.3 is 0 Å². The average molecular weight is 330 g/mol. The minimum Gasteiger partial charge on any atom is -0.353 e. The highest BCUT2D eigenvalue weighted by Gasteiger charge is 2.20. The molecule has 2 unspecified atom stereocenters. The summed E-state index contributed by atoms with van der Waals surface area (Å²) in [6.07, 6.45) is 2.75. The Bertz CT molecular complexity index is 394. The van der Waals surface area contributed by atoms with Crippen molar-refractivity contribution >= 4 is 29.0 Å². The maximum absolute atomic E-state index is 12.1. The van der Waals surface area contributed by atoms with Crippen LogP contribution in [-0.2, 0) is 4.79 Å². The molecule has 0 aliphatic carbocycles. The molecule has 6 heteroatoms. The summed E-state index contributed by atoms with van der Waals surface area (Å²) in [5.41, 5.74) is 7.18. The molecule has 1 amide bonds. The molecular weight excluding hydrogens is 302 g/mol. The number of nitrogens with two attached hydrogens (primary N) is 1. The second kappa shape index (κ2) is 10.2. The molecule has 1 heterocycles. The normalized spacial score (nSPS) is 14.1. The molecule has 0 saturated heterocycles. The monoisotopic (exact) mass is 329 g/mol. The van der Waals surface area contributed by atoms with Crippen molar-refractivity contribution in [2.45, 2.75) is 32.4 Å². The molecule has 0 aromatic carbocycles. The summed E-state index contributed by atoms with van der Waals surface area (Å²) in [5, 5.41) is 7.26. The van der Waals surface area contributed by atoms with E-state index in [-0.39, 0.29) is 11.9 Å². The number of thioether (sulfide) groups is 1. The molecule has 1 aromatic rings. The number of amides is 1. The quantitative estimate of drug-likeness (QED) is 0.692. The lowest BCUT2D eigenvalue weighted by Crippen LogP contribution is -2.45. The van der Waals surface area contributed by atoms with Crippen LogP contribution in [0.2, 0.25) is 0 Å². The highest BCUT2D eigenvalue weighted by molar-refractivity contribution is 7.98. The highest BCUT2D eigenvalue weighted by Crippen LogP contribution is 2.22. The average Bonchev–Trinajstić information content (AvgIpc) is 3.02. The van der Waals surface area contributed by atoms with Crippen LogP contribution >= 0.6 is 23.1 Å². The summed E-state index contributed by atoms with van der Waals surface area (Å²) < 4.78 is 0. The maximum Gasteiger partial charge on any atom is 0.237 e. The Balaban J connectivity index is 2.59. The van der Waals surface area contributed by atoms with Gasteiger partial charge in [-0.15, -0.1) is 0 Å². The first kappa shape index (κ1) is 18.5. The minimum absolute atomic E-state index is 0.0450. The lowest BCUT2D eigenvalue weighted by atomic mass is 10.1. The molecular formula is C15H27N3OS2. The molecule has 0 aliphatic heterocycles. The summed E-state index contributed by atoms with van der Waals surface area (Å²) in [4.78, 5) is 14.4. The number of hydrogen-bond acceptors (Lipinski definition) is 5. The van der Waals surface area contributed by atoms with Crippen LogP contribution in [0.4, 0.5) is 0 Å². The van der Waals surface area contributed by atoms with Crippen molar-refractivity contribution < 1.29 is 4.79 Å². The van der Waals surface area contributed by atoms with Gasteiger partial charge in [-0.2, -0.15) is 23.1 Å². The van der Waals surface area contributed by atoms with Gasteiger partial charge in [-0.05, 0) is 53.9 Å². The van der Waals surface area contributed by atoms with Crippen LogP contribution < -0.4 is 11.1 Å². The van der Waals surface area contributed by atoms with Crippen molar-refractivity contribution in [3.05, 3.63) is 22.4 Å². The van der Waals surface area contributed by atoms with Crippen molar-refractivity contribution in [3.8, 4) is 0 Å². The molecule has 1 rings (SSSR count). The Morgan fingerprint density at radius 2 is 2.19 bits per heavy atom. The van der Waals surface area contributed by atoms with Crippen LogP contribution in [0.5, 0.6) is 0 Å². The van der Waals surface area contributed by atoms with Crippen LogP contribution in [0.1, 0.15) is 31.9 Å². The molecule has 0 saturated carbocycles. The van der Waals surface area contributed by atoms with Crippen LogP contribution in [0.3, 0.4) is 0 Å². The van der Waals surface area contributed by atoms with Gasteiger partial charge in [-0.3, -0.25) is 9.69 Å². The van der Waals surface area contributed by atoms with Crippen LogP contribution in [0.25, 0.3) is 0 Å². The fraction of sp³-hybridized carbons (Fsp3) is 0.667. The summed E-state index contributed by atoms with van der Waals surface area (Å²) in [5.74, 6) is 0.870. The van der Waals surface area contributed by atoms with E-state index >= 15 is 0 Å². The second-order valence-corrected chi connectivity index (χ2v) is 6.69. The zero-order valence-corrected chi connectivity index (χ0v) is 14.8. The number of nitrogens with zero attached hydrogens (tertiary/aromatic N) is 1. The molecule has 0 radical (unpaired) electrons. The Kier molecular flexibility index (Phi) is 8.99. The van der Waals surface area contributed by atoms with Gasteiger partial charge in [0.05, 0.1) is 12.1 Å². The number of rotatable bonds is 10. The number of carbonyl (C=O) groups excluding carboxylic acids is 1. The Hall–Kier alpha value is -0.560. The van der Waals surface area contributed by atoms with E-state index in [1.54, 1.807) is 23.1 Å². The van der Waals surface area contributed by atoms with Gasteiger partial charge in [-0.1, -0.05) is 13.8 Å². The molecule has 21 heavy (non-hydrogen) atoms. The van der Waals surface area contributed by atoms with Crippen LogP contribution in [0, 0.1) is 0 Å². The Morgan fingerprint density at radius 1 is 1.48 bits per heavy atom. The number of thiophene rings is 1. The van der Waals surface area contributed by atoms with E-state index in [4.69, 9.17) is 5.73 Å². The third-order valence-corrected chi connectivity index (χ3v) is 4.97. The SMILES string of the molecule is CCN(CC)C(CNC(=O)C(N)CCSC)c1ccsc1. The van der Waals surface area contributed by atoms with E-state index in [1.165, 1.54) is 5.56 Å². The lowest BCUT2D eigenvalue weighted by molar-refractivity contribution is -0.122. The van der Waals surface area contributed by atoms with Gasteiger partial charge in [-0.25, -0.2) is 0 Å². The van der Waals surface area contributed by atoms with Gasteiger partial charge in [0, 0.05) is 6.54 Å². The zero-order chi connectivity index (χ0) is 15.7. The first-order valence-electron chi connectivity index (χ1n) is 7.42. The van der Waals surface area contributed by atoms with E-state index in [2.05, 4.69) is 40.9 Å². The predicted octanol–water partition coefficient (Wildman–Crippen LogP) is 2.33. The van der Waals surface area contributed by atoms with Gasteiger partial charge in [0.15, 0.2) is 0 Å². The van der Waals surface area contributed by atoms with Gasteiger partial charge in [0.2, 0.25) is 5.91 Å². The molecule has 4 nitrogen and oxygen atoms in total. The van der Waals surface area contributed by atoms with Gasteiger partial charge < -0.3 is 11.1 Å². The third kappa shape index (κ3) is 5.98. The van der Waals surface area contributed by atoms with Crippen LogP contribution in [-0.4, -0.2) is 48.5 Å². The van der Waals surface area contributed by atoms with E-state index < -0.39 is 6.04 Å². The fourth-order valence-electron chi connectivity index (χ4n) is 2.29. The molecule has 3 N–H and O–H groups in total. The standard InChI is InChI=1S/C15H27N3OS2/c1-4-18(5-2)14(12-6-9-21-11-12)10-17-15(19)13(16)7-8-20-3/h6,9,11,13-14H,4-5,7-8,10,16H2,1-3H3,(H,17,19). The fourth-order valence-corrected chi connectivity index (χ4v) is 3.49. The topological polar surface area (TPSA) is 58.4 Å². The largest absolute Gasteiger partial charge is 0.353 e. The van der Waals surface area contributed by atoms with Crippen molar-refractivity contribution in [1.29, 1.82) is 0 Å². The Labute approximate surface area is 136 Å². The van der Waals surface area contributed by atoms with Crippen molar-refractivity contribution in [3.63, 3.8) is 0 Å². The number of carbonyl (C=O) groups is 1. The summed E-state index contributed by atoms with van der Waals surface area (Å²) in [6.45, 7) is 6.84. The van der Waals surface area contributed by atoms with Crippen molar-refractivity contribution in [2.75, 3.05) is 31.6 Å². The van der Waals surface area contributed by atoms with E-state index in [1.807, 2.05) is 6.26 Å². The summed E-state index contributed by atoms with van der Waals surface area (Å²) in [6, 6.07) is 1.95. The highest BCUT2D eigenvalue weighted by atomic mass is 32.2. The zero-order valence-electron chi connectivity index (χ0n) is 13.2. The van der Waals surface area contributed by atoms with Gasteiger partial charge in [0.25, 0.3) is 0 Å². The molecule has 0 spiro atoms. The predicted molar refractivity (Wildman–Crippen MR) is 94.0 cm³/mol. The Morgan fingerprint density at radius 3 is 2.71 bits per heavy atom. The molecule has 0 aliphatic rings. The van der Waals surface area contributed by atoms with E-state index in [0.29, 0.717) is 6.54 Å². The summed E-state index contributed by atoms with van der Waals surface area (Å²) >= 11 is 3.41. The lowest BCUT2D eigenvalue weighted by Gasteiger charge is -2.29. The molecule has 2 atom stereocenters. The maximum atomic E-state index is 12.1. The summed E-state index contributed by atoms with van der Waals surface area (Å²) in [7, 11) is 0. The minimum atomic E-state index is -0.405. The smallest absolute Gasteiger partial charge is 0.237 e. The second-order valence-electron chi connectivity index (χ2n) is 4.93. The molecule has 0 fully saturated rings. The van der Waals surface area contributed by atoms with Gasteiger partial charge in [0.1, 0.15) is 0 Å². The molecule has 0 bridgehead atoms. The van der Waals surface area contributed by atoms with Crippen LogP contribution in [0.15, 0.2) is 16.8 Å². The van der Waals surface area contributed by atoms with Crippen molar-refractivity contribution in [1.82, 2.24) is 10.2 Å².